The second-order valence-electron chi connectivity index (χ2n) is 3.23. The fourth-order valence-electron chi connectivity index (χ4n) is 1.65. The molecule has 4 nitrogen and oxygen atoms in total. The van der Waals surface area contributed by atoms with Crippen LogP contribution in [0.5, 0.6) is 0 Å². The van der Waals surface area contributed by atoms with Crippen molar-refractivity contribution in [1.29, 1.82) is 0 Å². The van der Waals surface area contributed by atoms with Gasteiger partial charge in [-0.25, -0.2) is 0 Å². The number of hydrogen-bond acceptors (Lipinski definition) is 3. The van der Waals surface area contributed by atoms with Crippen molar-refractivity contribution in [2.45, 2.75) is 25.4 Å². The van der Waals surface area contributed by atoms with E-state index in [0.717, 1.165) is 6.42 Å². The van der Waals surface area contributed by atoms with Crippen LogP contribution in [0.15, 0.2) is 0 Å². The van der Waals surface area contributed by atoms with Crippen molar-refractivity contribution < 1.29 is 9.90 Å². The van der Waals surface area contributed by atoms with Gasteiger partial charge in [-0.15, -0.1) is 0 Å². The summed E-state index contributed by atoms with van der Waals surface area (Å²) in [5.41, 5.74) is 10.3. The first-order valence-corrected chi connectivity index (χ1v) is 3.80. The Bertz CT molecular complexity index is 179. The molecule has 1 aliphatic carbocycles. The molecule has 0 spiro atoms. The Balaban J connectivity index is 2.61. The van der Waals surface area contributed by atoms with Crippen LogP contribution in [0, 0.1) is 11.8 Å². The normalized spacial score (nSPS) is 34.5. The number of carbonyl (C=O) groups is 1. The van der Waals surface area contributed by atoms with E-state index in [2.05, 4.69) is 0 Å². The summed E-state index contributed by atoms with van der Waals surface area (Å²) in [5, 5.41) is 8.62. The average molecular weight is 158 g/mol. The SMILES string of the molecule is CCC1CC(C(=O)O)C1(N)N. The summed E-state index contributed by atoms with van der Waals surface area (Å²) in [6, 6.07) is 0. The van der Waals surface area contributed by atoms with Crippen molar-refractivity contribution in [1.82, 2.24) is 0 Å². The molecule has 0 heterocycles. The molecule has 0 aromatic carbocycles. The van der Waals surface area contributed by atoms with Gasteiger partial charge in [0.05, 0.1) is 11.6 Å². The van der Waals surface area contributed by atoms with Crippen LogP contribution in [-0.2, 0) is 4.79 Å². The third kappa shape index (κ3) is 1.12. The number of nitrogens with two attached hydrogens (primary N) is 2. The Kier molecular flexibility index (Phi) is 1.90. The molecule has 1 rings (SSSR count). The Labute approximate surface area is 65.6 Å². The van der Waals surface area contributed by atoms with Gasteiger partial charge in [-0.3, -0.25) is 4.79 Å². The zero-order valence-corrected chi connectivity index (χ0v) is 6.58. The zero-order chi connectivity index (χ0) is 8.65. The highest BCUT2D eigenvalue weighted by Crippen LogP contribution is 2.40. The van der Waals surface area contributed by atoms with Gasteiger partial charge in [0, 0.05) is 0 Å². The van der Waals surface area contributed by atoms with Crippen molar-refractivity contribution in [3.8, 4) is 0 Å². The smallest absolute Gasteiger partial charge is 0.309 e. The lowest BCUT2D eigenvalue weighted by atomic mass is 9.64. The van der Waals surface area contributed by atoms with Gasteiger partial charge in [-0.2, -0.15) is 0 Å². The molecule has 1 fully saturated rings. The Morgan fingerprint density at radius 1 is 1.73 bits per heavy atom. The van der Waals surface area contributed by atoms with Gasteiger partial charge in [0.25, 0.3) is 0 Å². The molecular weight excluding hydrogens is 144 g/mol. The van der Waals surface area contributed by atoms with Crippen molar-refractivity contribution in [3.63, 3.8) is 0 Å². The molecule has 4 heteroatoms. The van der Waals surface area contributed by atoms with Gasteiger partial charge in [-0.1, -0.05) is 13.3 Å². The average Bonchev–Trinajstić information content (AvgIpc) is 1.85. The van der Waals surface area contributed by atoms with Gasteiger partial charge in [0.15, 0.2) is 0 Å². The van der Waals surface area contributed by atoms with E-state index in [4.69, 9.17) is 16.6 Å². The van der Waals surface area contributed by atoms with E-state index in [1.807, 2.05) is 6.92 Å². The molecule has 0 bridgehead atoms. The van der Waals surface area contributed by atoms with Crippen molar-refractivity contribution in [2.24, 2.45) is 23.3 Å². The lowest BCUT2D eigenvalue weighted by molar-refractivity contribution is -0.152. The van der Waals surface area contributed by atoms with E-state index in [1.165, 1.54) is 0 Å². The van der Waals surface area contributed by atoms with Crippen LogP contribution in [0.2, 0.25) is 0 Å². The number of hydrogen-bond donors (Lipinski definition) is 3. The molecule has 0 saturated heterocycles. The van der Waals surface area contributed by atoms with Gasteiger partial charge in [-0.05, 0) is 12.3 Å². The lowest BCUT2D eigenvalue weighted by Gasteiger charge is -2.48. The summed E-state index contributed by atoms with van der Waals surface area (Å²) in [6.45, 7) is 1.97. The Morgan fingerprint density at radius 3 is 2.55 bits per heavy atom. The monoisotopic (exact) mass is 158 g/mol. The van der Waals surface area contributed by atoms with E-state index in [-0.39, 0.29) is 5.92 Å². The predicted molar refractivity (Wildman–Crippen MR) is 40.6 cm³/mol. The van der Waals surface area contributed by atoms with Crippen LogP contribution in [0.4, 0.5) is 0 Å². The summed E-state index contributed by atoms with van der Waals surface area (Å²) in [4.78, 5) is 10.5. The number of carboxylic acids is 1. The minimum Gasteiger partial charge on any atom is -0.481 e. The standard InChI is InChI=1S/C7H14N2O2/c1-2-4-3-5(6(10)11)7(4,8)9/h4-5H,2-3,8-9H2,1H3,(H,10,11). The molecular formula is C7H14N2O2. The largest absolute Gasteiger partial charge is 0.481 e. The van der Waals surface area contributed by atoms with E-state index in [1.54, 1.807) is 0 Å². The third-order valence-electron chi connectivity index (χ3n) is 2.62. The van der Waals surface area contributed by atoms with E-state index in [9.17, 15) is 4.79 Å². The molecule has 11 heavy (non-hydrogen) atoms. The Morgan fingerprint density at radius 2 is 2.27 bits per heavy atom. The fourth-order valence-corrected chi connectivity index (χ4v) is 1.65. The highest BCUT2D eigenvalue weighted by molar-refractivity contribution is 5.73. The van der Waals surface area contributed by atoms with Crippen molar-refractivity contribution >= 4 is 5.97 Å². The third-order valence-corrected chi connectivity index (χ3v) is 2.62. The lowest BCUT2D eigenvalue weighted by Crippen LogP contribution is -2.70. The summed E-state index contributed by atoms with van der Waals surface area (Å²) in [7, 11) is 0. The van der Waals surface area contributed by atoms with Crippen molar-refractivity contribution in [3.05, 3.63) is 0 Å². The summed E-state index contributed by atoms with van der Waals surface area (Å²) < 4.78 is 0. The summed E-state index contributed by atoms with van der Waals surface area (Å²) in [6.07, 6.45) is 1.48. The number of carboxylic acid groups (broad SMARTS) is 1. The van der Waals surface area contributed by atoms with Crippen LogP contribution in [0.1, 0.15) is 19.8 Å². The molecule has 0 radical (unpaired) electrons. The van der Waals surface area contributed by atoms with Gasteiger partial charge < -0.3 is 16.6 Å². The maximum absolute atomic E-state index is 10.5. The second kappa shape index (κ2) is 2.46. The molecule has 2 unspecified atom stereocenters. The number of rotatable bonds is 2. The maximum Gasteiger partial charge on any atom is 0.309 e. The first-order chi connectivity index (χ1) is 5.00. The van der Waals surface area contributed by atoms with Crippen LogP contribution >= 0.6 is 0 Å². The Hall–Kier alpha value is -0.610. The highest BCUT2D eigenvalue weighted by atomic mass is 16.4. The van der Waals surface area contributed by atoms with Crippen molar-refractivity contribution in [2.75, 3.05) is 0 Å². The van der Waals surface area contributed by atoms with E-state index >= 15 is 0 Å². The summed E-state index contributed by atoms with van der Waals surface area (Å²) in [5.74, 6) is -1.25. The zero-order valence-electron chi connectivity index (χ0n) is 6.58. The molecule has 2 atom stereocenters. The molecule has 0 aliphatic heterocycles. The van der Waals surface area contributed by atoms with E-state index in [0.29, 0.717) is 6.42 Å². The minimum absolute atomic E-state index is 0.170. The maximum atomic E-state index is 10.5. The van der Waals surface area contributed by atoms with Crippen LogP contribution in [0.3, 0.4) is 0 Å². The number of aliphatic carboxylic acids is 1. The molecule has 5 N–H and O–H groups in total. The molecule has 64 valence electrons. The molecule has 0 aromatic rings. The van der Waals surface area contributed by atoms with Gasteiger partial charge in [0.2, 0.25) is 0 Å². The topological polar surface area (TPSA) is 89.3 Å². The molecule has 1 aliphatic rings. The van der Waals surface area contributed by atoms with Crippen LogP contribution in [-0.4, -0.2) is 16.7 Å². The van der Waals surface area contributed by atoms with Gasteiger partial charge >= 0.3 is 5.97 Å². The highest BCUT2D eigenvalue weighted by Gasteiger charge is 2.52. The quantitative estimate of drug-likeness (QED) is 0.482. The van der Waals surface area contributed by atoms with E-state index < -0.39 is 17.6 Å². The molecule has 0 amide bonds. The first-order valence-electron chi connectivity index (χ1n) is 3.80. The first kappa shape index (κ1) is 8.49. The van der Waals surface area contributed by atoms with Crippen LogP contribution < -0.4 is 11.5 Å². The minimum atomic E-state index is -0.972. The molecule has 1 saturated carbocycles. The summed E-state index contributed by atoms with van der Waals surface area (Å²) >= 11 is 0. The fraction of sp³-hybridized carbons (Fsp3) is 0.857. The molecule has 0 aromatic heterocycles. The van der Waals surface area contributed by atoms with Gasteiger partial charge in [0.1, 0.15) is 0 Å². The van der Waals surface area contributed by atoms with Crippen LogP contribution in [0.25, 0.3) is 0 Å². The predicted octanol–water partition coefficient (Wildman–Crippen LogP) is -0.269. The second-order valence-corrected chi connectivity index (χ2v) is 3.23.